The molecule has 0 atom stereocenters. The van der Waals surface area contributed by atoms with Crippen molar-refractivity contribution in [1.82, 2.24) is 4.57 Å². The maximum atomic E-state index is 2.57. The van der Waals surface area contributed by atoms with E-state index in [1.165, 1.54) is 108 Å². The van der Waals surface area contributed by atoms with Gasteiger partial charge in [-0.05, 0) is 140 Å². The monoisotopic (exact) mass is 950 g/mol. The van der Waals surface area contributed by atoms with Gasteiger partial charge in [-0.15, -0.1) is 0 Å². The lowest BCUT2D eigenvalue weighted by molar-refractivity contribution is 0.722. The fourth-order valence-corrected chi connectivity index (χ4v) is 15.8. The molecule has 2 nitrogen and oxygen atoms in total. The minimum atomic E-state index is -0.512. The van der Waals surface area contributed by atoms with E-state index in [1.54, 1.807) is 0 Å². The third-order valence-electron chi connectivity index (χ3n) is 16.1. The second-order valence-corrected chi connectivity index (χ2v) is 21.6. The Morgan fingerprint density at radius 1 is 0.306 bits per heavy atom. The normalized spacial score (nSPS) is 14.5. The van der Waals surface area contributed by atoms with Crippen LogP contribution in [0.4, 0.5) is 17.1 Å². The lowest BCUT2D eigenvalue weighted by Gasteiger charge is -2.40. The van der Waals surface area contributed by atoms with Gasteiger partial charge < -0.3 is 9.47 Å². The predicted molar refractivity (Wildman–Crippen MR) is 298 cm³/mol. The van der Waals surface area contributed by atoms with Gasteiger partial charge in [0.15, 0.2) is 0 Å². The van der Waals surface area contributed by atoms with E-state index in [2.05, 4.69) is 264 Å². The molecule has 2 spiro atoms. The molecule has 0 saturated carbocycles. The van der Waals surface area contributed by atoms with Crippen LogP contribution in [0.15, 0.2) is 274 Å². The molecule has 2 aliphatic heterocycles. The number of fused-ring (bicyclic) bond motifs is 21. The molecule has 2 aliphatic carbocycles. The first-order valence-electron chi connectivity index (χ1n) is 24.8. The fourth-order valence-electron chi connectivity index (χ4n) is 13.4. The summed E-state index contributed by atoms with van der Waals surface area (Å²) in [7, 11) is 0. The number of para-hydroxylation sites is 2. The zero-order chi connectivity index (χ0) is 47.1. The number of aromatic nitrogens is 1. The van der Waals surface area contributed by atoms with Crippen molar-refractivity contribution in [3.8, 4) is 27.9 Å². The van der Waals surface area contributed by atoms with Gasteiger partial charge in [-0.3, -0.25) is 0 Å². The number of nitrogens with zero attached hydrogens (tertiary/aromatic N) is 2. The summed E-state index contributed by atoms with van der Waals surface area (Å²) >= 11 is 3.78. The van der Waals surface area contributed by atoms with Gasteiger partial charge in [-0.25, -0.2) is 0 Å². The van der Waals surface area contributed by atoms with E-state index in [0.717, 1.165) is 22.7 Å². The van der Waals surface area contributed by atoms with Gasteiger partial charge in [-0.1, -0.05) is 199 Å². The highest BCUT2D eigenvalue weighted by molar-refractivity contribution is 7.99. The Bertz CT molecular complexity index is 4170. The SMILES string of the molecule is c1ccc(-n2c3ccccc3c3cc(N(c4ccc5c(c4)-c4ccccc4C54c5ccccc5Sc5ccccc54)c4cccc5c4-c4ccccc4C54c5ccccc5Sc5ccccc54)ccc32)cc1. The van der Waals surface area contributed by atoms with E-state index in [9.17, 15) is 0 Å². The molecule has 0 bridgehead atoms. The maximum Gasteiger partial charge on any atom is 0.0736 e. The van der Waals surface area contributed by atoms with Crippen molar-refractivity contribution in [3.63, 3.8) is 0 Å². The molecule has 3 heterocycles. The van der Waals surface area contributed by atoms with Crippen LogP contribution in [-0.2, 0) is 10.8 Å². The van der Waals surface area contributed by atoms with Crippen LogP contribution in [0, 0.1) is 0 Å². The van der Waals surface area contributed by atoms with Crippen LogP contribution in [0.2, 0.25) is 0 Å². The Kier molecular flexibility index (Phi) is 8.49. The molecule has 0 saturated heterocycles. The van der Waals surface area contributed by atoms with Gasteiger partial charge in [0.2, 0.25) is 0 Å². The molecular formula is C68H42N2S2. The molecule has 12 aromatic rings. The lowest BCUT2D eigenvalue weighted by atomic mass is 9.67. The zero-order valence-electron chi connectivity index (χ0n) is 39.0. The summed E-state index contributed by atoms with van der Waals surface area (Å²) in [6, 6.07) is 96.1. The number of benzene rings is 11. The number of rotatable bonds is 4. The average Bonchev–Trinajstić information content (AvgIpc) is 4.04. The summed E-state index contributed by atoms with van der Waals surface area (Å²) in [5.41, 5.74) is 21.7. The molecule has 4 aliphatic rings. The maximum absolute atomic E-state index is 2.57. The third-order valence-corrected chi connectivity index (χ3v) is 18.4. The molecule has 0 unspecified atom stereocenters. The van der Waals surface area contributed by atoms with Crippen LogP contribution < -0.4 is 4.90 Å². The van der Waals surface area contributed by atoms with E-state index in [-0.39, 0.29) is 0 Å². The Morgan fingerprint density at radius 3 is 1.42 bits per heavy atom. The van der Waals surface area contributed by atoms with E-state index in [4.69, 9.17) is 0 Å². The zero-order valence-corrected chi connectivity index (χ0v) is 40.6. The second kappa shape index (κ2) is 15.1. The molecule has 0 N–H and O–H groups in total. The Hall–Kier alpha value is -8.28. The molecule has 0 fully saturated rings. The van der Waals surface area contributed by atoms with Crippen LogP contribution in [0.5, 0.6) is 0 Å². The van der Waals surface area contributed by atoms with Crippen molar-refractivity contribution >= 4 is 62.4 Å². The van der Waals surface area contributed by atoms with Gasteiger partial charge in [0.1, 0.15) is 0 Å². The van der Waals surface area contributed by atoms with Gasteiger partial charge in [-0.2, -0.15) is 0 Å². The van der Waals surface area contributed by atoms with E-state index in [1.807, 2.05) is 23.5 Å². The van der Waals surface area contributed by atoms with Crippen molar-refractivity contribution in [2.45, 2.75) is 30.4 Å². The van der Waals surface area contributed by atoms with Crippen molar-refractivity contribution < 1.29 is 0 Å². The largest absolute Gasteiger partial charge is 0.310 e. The minimum absolute atomic E-state index is 0.467. The smallest absolute Gasteiger partial charge is 0.0736 e. The standard InChI is InChI=1S/C68H42N2S2/c1-2-19-43(20-3-1)70-59-31-13-6-22-47(59)50-42-45(38-40-60(50)70)69(44-37-39-53-49(41-44)46-21-4-7-24-51(46)67(53)54-26-9-14-33-62(54)71-63-34-15-10-27-55(63)67)61-32-18-30-58-66(61)48-23-5-8-25-52(48)68(58)56-28-11-16-35-64(56)72-65-36-17-12-29-57(65)68/h1-42H. The van der Waals surface area contributed by atoms with Crippen LogP contribution in [0.3, 0.4) is 0 Å². The van der Waals surface area contributed by atoms with E-state index in [0.29, 0.717) is 0 Å². The summed E-state index contributed by atoms with van der Waals surface area (Å²) < 4.78 is 2.42. The topological polar surface area (TPSA) is 8.17 Å². The van der Waals surface area contributed by atoms with Crippen LogP contribution in [0.25, 0.3) is 49.7 Å². The molecule has 0 radical (unpaired) electrons. The number of hydrogen-bond acceptors (Lipinski definition) is 3. The number of anilines is 3. The Labute approximate surface area is 426 Å². The fraction of sp³-hybridized carbons (Fsp3) is 0.0294. The van der Waals surface area contributed by atoms with Gasteiger partial charge in [0, 0.05) is 53.0 Å². The predicted octanol–water partition coefficient (Wildman–Crippen LogP) is 17.9. The summed E-state index contributed by atoms with van der Waals surface area (Å²) in [6.45, 7) is 0. The van der Waals surface area contributed by atoms with Crippen LogP contribution in [0.1, 0.15) is 44.5 Å². The van der Waals surface area contributed by atoms with Crippen molar-refractivity contribution in [2.24, 2.45) is 0 Å². The summed E-state index contributed by atoms with van der Waals surface area (Å²) in [6.07, 6.45) is 0. The summed E-state index contributed by atoms with van der Waals surface area (Å²) in [5, 5.41) is 2.44. The Balaban J connectivity index is 1.00. The summed E-state index contributed by atoms with van der Waals surface area (Å²) in [5.74, 6) is 0. The first-order valence-corrected chi connectivity index (χ1v) is 26.5. The molecule has 336 valence electrons. The highest BCUT2D eigenvalue weighted by Gasteiger charge is 2.52. The van der Waals surface area contributed by atoms with E-state index >= 15 is 0 Å². The highest BCUT2D eigenvalue weighted by atomic mass is 32.2. The Morgan fingerprint density at radius 2 is 0.764 bits per heavy atom. The van der Waals surface area contributed by atoms with Crippen LogP contribution >= 0.6 is 23.5 Å². The molecule has 11 aromatic carbocycles. The van der Waals surface area contributed by atoms with Crippen LogP contribution in [-0.4, -0.2) is 4.57 Å². The minimum Gasteiger partial charge on any atom is -0.310 e. The van der Waals surface area contributed by atoms with E-state index < -0.39 is 10.8 Å². The molecule has 0 amide bonds. The summed E-state index contributed by atoms with van der Waals surface area (Å²) in [4.78, 5) is 7.80. The quantitative estimate of drug-likeness (QED) is 0.174. The van der Waals surface area contributed by atoms with Gasteiger partial charge >= 0.3 is 0 Å². The first kappa shape index (κ1) is 40.4. The van der Waals surface area contributed by atoms with Crippen molar-refractivity contribution in [2.75, 3.05) is 4.90 Å². The van der Waals surface area contributed by atoms with Gasteiger partial charge in [0.05, 0.1) is 27.6 Å². The highest BCUT2D eigenvalue weighted by Crippen LogP contribution is 2.66. The third kappa shape index (κ3) is 5.22. The van der Waals surface area contributed by atoms with Crippen molar-refractivity contribution in [3.05, 3.63) is 299 Å². The molecule has 1 aromatic heterocycles. The molecule has 4 heteroatoms. The molecular weight excluding hydrogens is 909 g/mol. The molecule has 72 heavy (non-hydrogen) atoms. The number of hydrogen-bond donors (Lipinski definition) is 0. The van der Waals surface area contributed by atoms with Gasteiger partial charge in [0.25, 0.3) is 0 Å². The first-order chi connectivity index (χ1) is 35.7. The van der Waals surface area contributed by atoms with Crippen molar-refractivity contribution in [1.29, 1.82) is 0 Å². The second-order valence-electron chi connectivity index (χ2n) is 19.4. The molecule has 16 rings (SSSR count). The lowest BCUT2D eigenvalue weighted by Crippen LogP contribution is -2.32. The average molecular weight is 951 g/mol.